The lowest BCUT2D eigenvalue weighted by molar-refractivity contribution is -0.150. The third-order valence-electron chi connectivity index (χ3n) is 6.25. The highest BCUT2D eigenvalue weighted by atomic mass is 16.5. The quantitative estimate of drug-likeness (QED) is 0.811. The molecule has 1 aromatic carbocycles. The van der Waals surface area contributed by atoms with Gasteiger partial charge in [0.2, 0.25) is 5.91 Å². The number of nitrogens with zero attached hydrogens (tertiary/aromatic N) is 2. The molecule has 5 heteroatoms. The van der Waals surface area contributed by atoms with E-state index in [4.69, 9.17) is 9.47 Å². The number of piperidine rings is 1. The zero-order chi connectivity index (χ0) is 17.8. The van der Waals surface area contributed by atoms with E-state index in [1.54, 1.807) is 0 Å². The number of carbonyl (C=O) groups excluding carboxylic acids is 1. The van der Waals surface area contributed by atoms with Gasteiger partial charge >= 0.3 is 0 Å². The molecule has 4 rings (SSSR count). The summed E-state index contributed by atoms with van der Waals surface area (Å²) in [5.74, 6) is 1.32. The van der Waals surface area contributed by atoms with Gasteiger partial charge in [-0.05, 0) is 50.8 Å². The molecule has 3 aliphatic heterocycles. The van der Waals surface area contributed by atoms with Gasteiger partial charge in [-0.3, -0.25) is 9.69 Å². The van der Waals surface area contributed by atoms with Crippen LogP contribution < -0.4 is 4.74 Å². The average molecular weight is 358 g/mol. The molecule has 0 unspecified atom stereocenters. The lowest BCUT2D eigenvalue weighted by atomic mass is 9.77. The zero-order valence-electron chi connectivity index (χ0n) is 15.6. The predicted molar refractivity (Wildman–Crippen MR) is 100 cm³/mol. The molecule has 0 aliphatic carbocycles. The fraction of sp³-hybridized carbons (Fsp3) is 0.667. The second-order valence-electron chi connectivity index (χ2n) is 7.91. The van der Waals surface area contributed by atoms with E-state index in [9.17, 15) is 4.79 Å². The molecule has 26 heavy (non-hydrogen) atoms. The van der Waals surface area contributed by atoms with E-state index < -0.39 is 0 Å². The molecule has 3 fully saturated rings. The molecule has 3 aliphatic rings. The van der Waals surface area contributed by atoms with Crippen molar-refractivity contribution in [3.05, 3.63) is 30.3 Å². The number of ether oxygens (including phenoxy) is 2. The van der Waals surface area contributed by atoms with Crippen molar-refractivity contribution in [1.82, 2.24) is 9.80 Å². The van der Waals surface area contributed by atoms with Crippen LogP contribution in [0.25, 0.3) is 0 Å². The van der Waals surface area contributed by atoms with Gasteiger partial charge in [-0.2, -0.15) is 0 Å². The summed E-state index contributed by atoms with van der Waals surface area (Å²) in [7, 11) is 0. The standard InChI is InChI=1S/C21H30N2O3/c24-20-21(9-4-11-23(20)18-7-14-25-15-8-18)10-12-22(17-21)13-16-26-19-5-2-1-3-6-19/h1-3,5-6,18H,4,7-17H2/t21-/m0/s1. The Balaban J connectivity index is 1.31. The molecule has 0 bridgehead atoms. The van der Waals surface area contributed by atoms with Crippen LogP contribution in [0.15, 0.2) is 30.3 Å². The van der Waals surface area contributed by atoms with Gasteiger partial charge in [0, 0.05) is 38.9 Å². The molecule has 0 aromatic heterocycles. The van der Waals surface area contributed by atoms with Crippen molar-refractivity contribution in [3.8, 4) is 5.75 Å². The fourth-order valence-corrected chi connectivity index (χ4v) is 4.78. The summed E-state index contributed by atoms with van der Waals surface area (Å²) >= 11 is 0. The maximum atomic E-state index is 13.3. The molecular formula is C21H30N2O3. The van der Waals surface area contributed by atoms with Gasteiger partial charge in [0.05, 0.1) is 5.41 Å². The smallest absolute Gasteiger partial charge is 0.230 e. The Hall–Kier alpha value is -1.59. The van der Waals surface area contributed by atoms with Crippen LogP contribution in [0.4, 0.5) is 0 Å². The maximum absolute atomic E-state index is 13.3. The summed E-state index contributed by atoms with van der Waals surface area (Å²) in [6, 6.07) is 10.3. The van der Waals surface area contributed by atoms with Crippen LogP contribution in [0.3, 0.4) is 0 Å². The second-order valence-corrected chi connectivity index (χ2v) is 7.91. The Morgan fingerprint density at radius 1 is 1.12 bits per heavy atom. The topological polar surface area (TPSA) is 42.0 Å². The molecule has 1 spiro atoms. The van der Waals surface area contributed by atoms with Crippen LogP contribution in [0, 0.1) is 5.41 Å². The Labute approximate surface area is 156 Å². The van der Waals surface area contributed by atoms with E-state index in [0.29, 0.717) is 18.6 Å². The molecule has 3 heterocycles. The fourth-order valence-electron chi connectivity index (χ4n) is 4.78. The second kappa shape index (κ2) is 7.97. The van der Waals surface area contributed by atoms with Crippen molar-refractivity contribution < 1.29 is 14.3 Å². The summed E-state index contributed by atoms with van der Waals surface area (Å²) in [5, 5.41) is 0. The highest BCUT2D eigenvalue weighted by Gasteiger charge is 2.49. The number of amides is 1. The minimum Gasteiger partial charge on any atom is -0.492 e. The van der Waals surface area contributed by atoms with E-state index in [2.05, 4.69) is 9.80 Å². The first kappa shape index (κ1) is 17.8. The molecule has 1 atom stereocenters. The van der Waals surface area contributed by atoms with Crippen LogP contribution >= 0.6 is 0 Å². The van der Waals surface area contributed by atoms with E-state index in [0.717, 1.165) is 77.2 Å². The molecule has 142 valence electrons. The molecule has 0 saturated carbocycles. The van der Waals surface area contributed by atoms with Crippen molar-refractivity contribution in [1.29, 1.82) is 0 Å². The largest absolute Gasteiger partial charge is 0.492 e. The Kier molecular flexibility index (Phi) is 5.46. The zero-order valence-corrected chi connectivity index (χ0v) is 15.6. The van der Waals surface area contributed by atoms with Crippen molar-refractivity contribution >= 4 is 5.91 Å². The SMILES string of the molecule is O=C1N(C2CCOCC2)CCC[C@@]12CCN(CCOc1ccccc1)C2. The molecule has 5 nitrogen and oxygen atoms in total. The highest BCUT2D eigenvalue weighted by molar-refractivity contribution is 5.84. The monoisotopic (exact) mass is 358 g/mol. The minimum absolute atomic E-state index is 0.150. The van der Waals surface area contributed by atoms with Crippen LogP contribution in [-0.4, -0.2) is 67.7 Å². The number of hydrogen-bond acceptors (Lipinski definition) is 4. The van der Waals surface area contributed by atoms with E-state index in [1.807, 2.05) is 30.3 Å². The highest BCUT2D eigenvalue weighted by Crippen LogP contribution is 2.41. The van der Waals surface area contributed by atoms with Crippen LogP contribution in [0.2, 0.25) is 0 Å². The lowest BCUT2D eigenvalue weighted by Gasteiger charge is -2.44. The normalized spacial score (nSPS) is 28.0. The van der Waals surface area contributed by atoms with Gasteiger partial charge < -0.3 is 14.4 Å². The molecule has 3 saturated heterocycles. The minimum atomic E-state index is -0.150. The first-order chi connectivity index (χ1) is 12.8. The Morgan fingerprint density at radius 2 is 1.92 bits per heavy atom. The molecule has 0 radical (unpaired) electrons. The summed E-state index contributed by atoms with van der Waals surface area (Å²) < 4.78 is 11.3. The third kappa shape index (κ3) is 3.74. The first-order valence-corrected chi connectivity index (χ1v) is 10.1. The van der Waals surface area contributed by atoms with Gasteiger partial charge in [-0.1, -0.05) is 18.2 Å². The number of likely N-dealkylation sites (tertiary alicyclic amines) is 2. The van der Waals surface area contributed by atoms with Gasteiger partial charge in [0.15, 0.2) is 0 Å². The summed E-state index contributed by atoms with van der Waals surface area (Å²) in [4.78, 5) is 17.9. The van der Waals surface area contributed by atoms with Gasteiger partial charge in [0.1, 0.15) is 12.4 Å². The molecule has 0 N–H and O–H groups in total. The Morgan fingerprint density at radius 3 is 2.73 bits per heavy atom. The number of rotatable bonds is 5. The molecule has 1 amide bonds. The van der Waals surface area contributed by atoms with Crippen LogP contribution in [0.1, 0.15) is 32.1 Å². The average Bonchev–Trinajstić information content (AvgIpc) is 3.10. The van der Waals surface area contributed by atoms with Gasteiger partial charge in [-0.25, -0.2) is 0 Å². The maximum Gasteiger partial charge on any atom is 0.230 e. The Bertz CT molecular complexity index is 603. The molecule has 1 aromatic rings. The van der Waals surface area contributed by atoms with E-state index >= 15 is 0 Å². The molecular weight excluding hydrogens is 328 g/mol. The lowest BCUT2D eigenvalue weighted by Crippen LogP contribution is -2.54. The van der Waals surface area contributed by atoms with Crippen molar-refractivity contribution in [3.63, 3.8) is 0 Å². The number of para-hydroxylation sites is 1. The van der Waals surface area contributed by atoms with E-state index in [-0.39, 0.29) is 5.41 Å². The van der Waals surface area contributed by atoms with Crippen molar-refractivity contribution in [2.75, 3.05) is 46.0 Å². The van der Waals surface area contributed by atoms with Crippen LogP contribution in [-0.2, 0) is 9.53 Å². The van der Waals surface area contributed by atoms with E-state index in [1.165, 1.54) is 0 Å². The summed E-state index contributed by atoms with van der Waals surface area (Å²) in [6.45, 7) is 5.99. The first-order valence-electron chi connectivity index (χ1n) is 10.1. The van der Waals surface area contributed by atoms with Crippen molar-refractivity contribution in [2.24, 2.45) is 5.41 Å². The van der Waals surface area contributed by atoms with Gasteiger partial charge in [0.25, 0.3) is 0 Å². The summed E-state index contributed by atoms with van der Waals surface area (Å²) in [5.41, 5.74) is -0.150. The van der Waals surface area contributed by atoms with Gasteiger partial charge in [-0.15, -0.1) is 0 Å². The summed E-state index contributed by atoms with van der Waals surface area (Å²) in [6.07, 6.45) is 5.17. The predicted octanol–water partition coefficient (Wildman–Crippen LogP) is 2.56. The number of carbonyl (C=O) groups is 1. The number of hydrogen-bond donors (Lipinski definition) is 0. The van der Waals surface area contributed by atoms with Crippen molar-refractivity contribution in [2.45, 2.75) is 38.1 Å². The number of benzene rings is 1. The third-order valence-corrected chi connectivity index (χ3v) is 6.25. The van der Waals surface area contributed by atoms with Crippen LogP contribution in [0.5, 0.6) is 5.75 Å².